The summed E-state index contributed by atoms with van der Waals surface area (Å²) in [4.78, 5) is 28.4. The molecule has 1 N–H and O–H groups in total. The smallest absolute Gasteiger partial charge is 0.260 e. The van der Waals surface area contributed by atoms with E-state index in [1.165, 1.54) is 16.8 Å². The van der Waals surface area contributed by atoms with Crippen molar-refractivity contribution in [2.75, 3.05) is 25.5 Å². The number of piperidine rings is 1. The van der Waals surface area contributed by atoms with Gasteiger partial charge in [0.2, 0.25) is 0 Å². The monoisotopic (exact) mass is 550 g/mol. The molecule has 3 aromatic carbocycles. The molecule has 1 aliphatic heterocycles. The molecule has 6 rings (SSSR count). The SMILES string of the molecule is COC(C)(C(=O)Nc1ccc(C2CCN(C(=O)c3cnn4cccc(F)c34)CC2)cc1)c1cccc2ccccc12. The van der Waals surface area contributed by atoms with E-state index in [9.17, 15) is 14.0 Å². The van der Waals surface area contributed by atoms with Crippen molar-refractivity contribution in [1.29, 1.82) is 0 Å². The molecule has 208 valence electrons. The second-order valence-corrected chi connectivity index (χ2v) is 10.6. The van der Waals surface area contributed by atoms with E-state index in [0.717, 1.165) is 34.7 Å². The minimum absolute atomic E-state index is 0.200. The Bertz CT molecular complexity index is 1740. The van der Waals surface area contributed by atoms with Gasteiger partial charge in [-0.15, -0.1) is 0 Å². The van der Waals surface area contributed by atoms with Gasteiger partial charge in [0.1, 0.15) is 11.3 Å². The maximum absolute atomic E-state index is 14.4. The number of rotatable bonds is 6. The van der Waals surface area contributed by atoms with Crippen LogP contribution in [0.5, 0.6) is 0 Å². The Balaban J connectivity index is 1.11. The summed E-state index contributed by atoms with van der Waals surface area (Å²) >= 11 is 0. The molecular formula is C33H31FN4O3. The predicted octanol–water partition coefficient (Wildman–Crippen LogP) is 6.15. The van der Waals surface area contributed by atoms with Gasteiger partial charge in [-0.3, -0.25) is 9.59 Å². The second-order valence-electron chi connectivity index (χ2n) is 10.6. The molecule has 0 spiro atoms. The van der Waals surface area contributed by atoms with Crippen molar-refractivity contribution in [3.05, 3.63) is 114 Å². The van der Waals surface area contributed by atoms with E-state index in [4.69, 9.17) is 4.74 Å². The molecule has 1 saturated heterocycles. The number of halogens is 1. The maximum Gasteiger partial charge on any atom is 0.260 e. The number of hydrogen-bond acceptors (Lipinski definition) is 4. The van der Waals surface area contributed by atoms with E-state index in [1.807, 2.05) is 66.7 Å². The first kappa shape index (κ1) is 26.7. The second kappa shape index (κ2) is 10.8. The van der Waals surface area contributed by atoms with Crippen molar-refractivity contribution in [2.24, 2.45) is 0 Å². The van der Waals surface area contributed by atoms with Crippen LogP contribution in [0, 0.1) is 5.82 Å². The molecule has 0 aliphatic carbocycles. The third-order valence-electron chi connectivity index (χ3n) is 8.29. The molecule has 1 atom stereocenters. The van der Waals surface area contributed by atoms with E-state index in [2.05, 4.69) is 10.4 Å². The topological polar surface area (TPSA) is 75.9 Å². The fraction of sp³-hybridized carbons (Fsp3) is 0.242. The predicted molar refractivity (Wildman–Crippen MR) is 156 cm³/mol. The van der Waals surface area contributed by atoms with Crippen LogP contribution >= 0.6 is 0 Å². The number of carbonyl (C=O) groups is 2. The number of pyridine rings is 1. The summed E-state index contributed by atoms with van der Waals surface area (Å²) in [6.07, 6.45) is 4.66. The summed E-state index contributed by atoms with van der Waals surface area (Å²) in [5, 5.41) is 9.18. The van der Waals surface area contributed by atoms with E-state index in [0.29, 0.717) is 18.8 Å². The molecule has 0 radical (unpaired) electrons. The lowest BCUT2D eigenvalue weighted by molar-refractivity contribution is -0.136. The highest BCUT2D eigenvalue weighted by Gasteiger charge is 2.37. The first-order valence-corrected chi connectivity index (χ1v) is 13.7. The zero-order valence-electron chi connectivity index (χ0n) is 23.0. The summed E-state index contributed by atoms with van der Waals surface area (Å²) in [6, 6.07) is 24.6. The maximum atomic E-state index is 14.4. The van der Waals surface area contributed by atoms with Crippen LogP contribution < -0.4 is 5.32 Å². The summed E-state index contributed by atoms with van der Waals surface area (Å²) in [5.74, 6) is -0.628. The lowest BCUT2D eigenvalue weighted by atomic mass is 9.88. The number of amides is 2. The van der Waals surface area contributed by atoms with Crippen LogP contribution in [0.2, 0.25) is 0 Å². The van der Waals surface area contributed by atoms with Gasteiger partial charge in [-0.05, 0) is 66.3 Å². The number of fused-ring (bicyclic) bond motifs is 2. The Kier molecular flexibility index (Phi) is 7.01. The van der Waals surface area contributed by atoms with Gasteiger partial charge in [0.05, 0.1) is 11.8 Å². The highest BCUT2D eigenvalue weighted by molar-refractivity contribution is 6.02. The Labute approximate surface area is 237 Å². The average Bonchev–Trinajstić information content (AvgIpc) is 3.46. The highest BCUT2D eigenvalue weighted by atomic mass is 19.1. The van der Waals surface area contributed by atoms with Crippen molar-refractivity contribution in [1.82, 2.24) is 14.5 Å². The van der Waals surface area contributed by atoms with Crippen molar-refractivity contribution < 1.29 is 18.7 Å². The van der Waals surface area contributed by atoms with Gasteiger partial charge in [0, 0.05) is 37.6 Å². The molecule has 41 heavy (non-hydrogen) atoms. The molecule has 1 fully saturated rings. The van der Waals surface area contributed by atoms with Crippen LogP contribution in [0.15, 0.2) is 91.3 Å². The van der Waals surface area contributed by atoms with E-state index in [-0.39, 0.29) is 28.8 Å². The summed E-state index contributed by atoms with van der Waals surface area (Å²) < 4.78 is 21.6. The number of methoxy groups -OCH3 is 1. The minimum atomic E-state index is -1.18. The summed E-state index contributed by atoms with van der Waals surface area (Å²) in [6.45, 7) is 2.94. The van der Waals surface area contributed by atoms with Gasteiger partial charge >= 0.3 is 0 Å². The van der Waals surface area contributed by atoms with Crippen LogP contribution in [0.4, 0.5) is 10.1 Å². The number of nitrogens with one attached hydrogen (secondary N) is 1. The number of likely N-dealkylation sites (tertiary alicyclic amines) is 1. The normalized spacial score (nSPS) is 15.6. The van der Waals surface area contributed by atoms with E-state index < -0.39 is 11.4 Å². The Hall–Kier alpha value is -4.56. The molecular weight excluding hydrogens is 519 g/mol. The van der Waals surface area contributed by atoms with Crippen molar-refractivity contribution >= 4 is 33.8 Å². The Morgan fingerprint density at radius 1 is 0.976 bits per heavy atom. The van der Waals surface area contributed by atoms with Gasteiger partial charge < -0.3 is 15.0 Å². The third kappa shape index (κ3) is 4.85. The van der Waals surface area contributed by atoms with Gasteiger partial charge in [-0.1, -0.05) is 54.6 Å². The molecule has 7 nitrogen and oxygen atoms in total. The van der Waals surface area contributed by atoms with E-state index in [1.54, 1.807) is 31.2 Å². The molecule has 2 aromatic heterocycles. The molecule has 1 aliphatic rings. The van der Waals surface area contributed by atoms with Crippen molar-refractivity contribution in [3.63, 3.8) is 0 Å². The number of nitrogens with zero attached hydrogens (tertiary/aromatic N) is 3. The number of ether oxygens (including phenoxy) is 1. The number of hydrogen-bond donors (Lipinski definition) is 1. The van der Waals surface area contributed by atoms with Gasteiger partial charge in [0.25, 0.3) is 11.8 Å². The van der Waals surface area contributed by atoms with Crippen molar-refractivity contribution in [3.8, 4) is 0 Å². The molecule has 3 heterocycles. The number of anilines is 1. The molecule has 8 heteroatoms. The van der Waals surface area contributed by atoms with Crippen LogP contribution in [0.1, 0.15) is 47.2 Å². The lowest BCUT2D eigenvalue weighted by Gasteiger charge is -2.32. The first-order chi connectivity index (χ1) is 19.9. The third-order valence-corrected chi connectivity index (χ3v) is 8.29. The minimum Gasteiger partial charge on any atom is -0.364 e. The fourth-order valence-electron chi connectivity index (χ4n) is 5.80. The standard InChI is InChI=1S/C33H31FN4O3/c1-33(41-2,28-10-5-8-24-7-3-4-9-26(24)28)32(40)36-25-14-12-22(13-15-25)23-16-19-37(20-17-23)31(39)27-21-35-38-18-6-11-29(34)30(27)38/h3-15,18,21,23H,16-17,19-20H2,1-2H3,(H,36,40). The zero-order chi connectivity index (χ0) is 28.6. The largest absolute Gasteiger partial charge is 0.364 e. The molecule has 2 amide bonds. The van der Waals surface area contributed by atoms with Gasteiger partial charge in [-0.2, -0.15) is 5.10 Å². The van der Waals surface area contributed by atoms with Crippen LogP contribution in [-0.2, 0) is 15.1 Å². The fourth-order valence-corrected chi connectivity index (χ4v) is 5.80. The van der Waals surface area contributed by atoms with Crippen LogP contribution in [0.3, 0.4) is 0 Å². The number of aromatic nitrogens is 2. The molecule has 0 bridgehead atoms. The van der Waals surface area contributed by atoms with Gasteiger partial charge in [-0.25, -0.2) is 8.91 Å². The average molecular weight is 551 g/mol. The van der Waals surface area contributed by atoms with Crippen LogP contribution in [0.25, 0.3) is 16.3 Å². The Morgan fingerprint density at radius 3 is 2.46 bits per heavy atom. The van der Waals surface area contributed by atoms with Gasteiger partial charge in [0.15, 0.2) is 5.60 Å². The molecule has 5 aromatic rings. The van der Waals surface area contributed by atoms with Crippen molar-refractivity contribution in [2.45, 2.75) is 31.3 Å². The first-order valence-electron chi connectivity index (χ1n) is 13.7. The number of carbonyl (C=O) groups excluding carboxylic acids is 2. The van der Waals surface area contributed by atoms with E-state index >= 15 is 0 Å². The molecule has 0 saturated carbocycles. The summed E-state index contributed by atoms with van der Waals surface area (Å²) in [7, 11) is 1.55. The lowest BCUT2D eigenvalue weighted by Crippen LogP contribution is -2.39. The highest BCUT2D eigenvalue weighted by Crippen LogP contribution is 2.34. The number of benzene rings is 3. The molecule has 1 unspecified atom stereocenters. The van der Waals surface area contributed by atoms with Crippen LogP contribution in [-0.4, -0.2) is 46.5 Å². The summed E-state index contributed by atoms with van der Waals surface area (Å²) in [5.41, 5.74) is 1.96. The Morgan fingerprint density at radius 2 is 1.71 bits per heavy atom. The quantitative estimate of drug-likeness (QED) is 0.275. The zero-order valence-corrected chi connectivity index (χ0v) is 23.0.